The Kier molecular flexibility index (Phi) is 6.61. The van der Waals surface area contributed by atoms with Crippen LogP contribution < -0.4 is 19.5 Å². The first kappa shape index (κ1) is 20.5. The molecular weight excluding hydrogens is 388 g/mol. The van der Waals surface area contributed by atoms with E-state index in [9.17, 15) is 4.79 Å². The van der Waals surface area contributed by atoms with Crippen molar-refractivity contribution in [2.75, 3.05) is 26.6 Å². The number of carbonyl (C=O) groups excluding carboxylic acids is 1. The van der Waals surface area contributed by atoms with Gasteiger partial charge in [-0.15, -0.1) is 0 Å². The van der Waals surface area contributed by atoms with Crippen LogP contribution >= 0.6 is 11.8 Å². The smallest absolute Gasteiger partial charge is 0.258 e. The van der Waals surface area contributed by atoms with Crippen molar-refractivity contribution < 1.29 is 19.0 Å². The number of benzene rings is 2. The average Bonchev–Trinajstić information content (AvgIpc) is 2.74. The summed E-state index contributed by atoms with van der Waals surface area (Å²) >= 11 is 1.44. The van der Waals surface area contributed by atoms with Crippen molar-refractivity contribution in [3.05, 3.63) is 65.9 Å². The van der Waals surface area contributed by atoms with Crippen molar-refractivity contribution >= 4 is 23.4 Å². The molecule has 150 valence electrons. The third kappa shape index (κ3) is 4.81. The second-order valence-electron chi connectivity index (χ2n) is 6.14. The van der Waals surface area contributed by atoms with Gasteiger partial charge in [-0.3, -0.25) is 4.79 Å². The largest absolute Gasteiger partial charge is 0.493 e. The molecule has 2 aromatic carbocycles. The van der Waals surface area contributed by atoms with Crippen molar-refractivity contribution in [3.63, 3.8) is 0 Å². The molecule has 0 spiro atoms. The molecule has 1 N–H and O–H groups in total. The monoisotopic (exact) mass is 410 g/mol. The lowest BCUT2D eigenvalue weighted by atomic mass is 10.2. The van der Waals surface area contributed by atoms with Crippen LogP contribution in [0.1, 0.15) is 15.9 Å². The number of hydrogen-bond acceptors (Lipinski definition) is 6. The Morgan fingerprint density at radius 2 is 1.62 bits per heavy atom. The molecule has 3 rings (SSSR count). The van der Waals surface area contributed by atoms with E-state index in [1.807, 2.05) is 31.2 Å². The molecule has 29 heavy (non-hydrogen) atoms. The van der Waals surface area contributed by atoms with Gasteiger partial charge in [-0.2, -0.15) is 0 Å². The summed E-state index contributed by atoms with van der Waals surface area (Å²) in [7, 11) is 4.59. The molecule has 7 heteroatoms. The summed E-state index contributed by atoms with van der Waals surface area (Å²) in [5, 5.41) is 3.51. The number of aromatic nitrogens is 1. The van der Waals surface area contributed by atoms with E-state index in [1.165, 1.54) is 38.7 Å². The minimum Gasteiger partial charge on any atom is -0.493 e. The zero-order valence-electron chi connectivity index (χ0n) is 16.7. The highest BCUT2D eigenvalue weighted by Gasteiger charge is 2.17. The van der Waals surface area contributed by atoms with Crippen molar-refractivity contribution in [1.29, 1.82) is 0 Å². The fourth-order valence-corrected chi connectivity index (χ4v) is 3.59. The number of carbonyl (C=O) groups is 1. The van der Waals surface area contributed by atoms with Crippen LogP contribution in [0.25, 0.3) is 0 Å². The van der Waals surface area contributed by atoms with Crippen LogP contribution in [-0.4, -0.2) is 32.2 Å². The third-order valence-electron chi connectivity index (χ3n) is 4.17. The molecule has 1 heterocycles. The minimum atomic E-state index is -0.276. The van der Waals surface area contributed by atoms with E-state index in [0.29, 0.717) is 33.5 Å². The van der Waals surface area contributed by atoms with Crippen molar-refractivity contribution in [2.45, 2.75) is 16.8 Å². The molecule has 0 aliphatic carbocycles. The molecule has 0 aliphatic rings. The second kappa shape index (κ2) is 9.34. The predicted molar refractivity (Wildman–Crippen MR) is 114 cm³/mol. The lowest BCUT2D eigenvalue weighted by Gasteiger charge is -2.15. The minimum absolute atomic E-state index is 0.276. The van der Waals surface area contributed by atoms with Crippen LogP contribution in [-0.2, 0) is 0 Å². The number of amides is 1. The summed E-state index contributed by atoms with van der Waals surface area (Å²) in [6, 6.07) is 14.9. The lowest BCUT2D eigenvalue weighted by Crippen LogP contribution is -2.14. The molecule has 0 saturated heterocycles. The number of ether oxygens (including phenoxy) is 3. The molecule has 0 saturated carbocycles. The highest BCUT2D eigenvalue weighted by atomic mass is 32.2. The Bertz CT molecular complexity index is 981. The Labute approximate surface area is 174 Å². The number of hydrogen-bond donors (Lipinski definition) is 1. The molecule has 0 fully saturated rings. The van der Waals surface area contributed by atoms with Gasteiger partial charge in [0.25, 0.3) is 5.91 Å². The predicted octanol–water partition coefficient (Wildman–Crippen LogP) is 4.82. The van der Waals surface area contributed by atoms with Gasteiger partial charge in [0.1, 0.15) is 5.03 Å². The van der Waals surface area contributed by atoms with E-state index in [1.54, 1.807) is 30.5 Å². The molecule has 1 amide bonds. The number of nitrogens with one attached hydrogen (secondary N) is 1. The molecule has 0 aliphatic heterocycles. The van der Waals surface area contributed by atoms with Crippen LogP contribution in [0, 0.1) is 6.92 Å². The zero-order valence-corrected chi connectivity index (χ0v) is 17.5. The van der Waals surface area contributed by atoms with Gasteiger partial charge in [-0.1, -0.05) is 29.5 Å². The average molecular weight is 410 g/mol. The summed E-state index contributed by atoms with van der Waals surface area (Å²) in [4.78, 5) is 18.4. The number of rotatable bonds is 7. The Morgan fingerprint density at radius 1 is 0.966 bits per heavy atom. The Balaban J connectivity index is 1.87. The van der Waals surface area contributed by atoms with Crippen LogP contribution in [0.2, 0.25) is 0 Å². The van der Waals surface area contributed by atoms with E-state index in [-0.39, 0.29) is 5.91 Å². The third-order valence-corrected chi connectivity index (χ3v) is 5.20. The summed E-state index contributed by atoms with van der Waals surface area (Å²) < 4.78 is 16.0. The first-order chi connectivity index (χ1) is 14.0. The molecule has 1 aromatic heterocycles. The number of pyridine rings is 1. The van der Waals surface area contributed by atoms with E-state index >= 15 is 0 Å². The maximum Gasteiger partial charge on any atom is 0.258 e. The molecule has 6 nitrogen and oxygen atoms in total. The SMILES string of the molecule is COc1cc(NC(=O)c2cccnc2Sc2ccc(C)cc2)cc(OC)c1OC. The van der Waals surface area contributed by atoms with E-state index in [2.05, 4.69) is 10.3 Å². The van der Waals surface area contributed by atoms with Crippen molar-refractivity contribution in [1.82, 2.24) is 4.98 Å². The van der Waals surface area contributed by atoms with Gasteiger partial charge < -0.3 is 19.5 Å². The number of methoxy groups -OCH3 is 3. The van der Waals surface area contributed by atoms with Gasteiger partial charge in [-0.05, 0) is 31.2 Å². The fraction of sp³-hybridized carbons (Fsp3) is 0.182. The summed E-state index contributed by atoms with van der Waals surface area (Å²) in [5.41, 5.74) is 2.18. The zero-order chi connectivity index (χ0) is 20.8. The lowest BCUT2D eigenvalue weighted by molar-refractivity contribution is 0.102. The normalized spacial score (nSPS) is 10.3. The van der Waals surface area contributed by atoms with E-state index in [4.69, 9.17) is 14.2 Å². The maximum absolute atomic E-state index is 13.0. The van der Waals surface area contributed by atoms with Crippen LogP contribution in [0.4, 0.5) is 5.69 Å². The summed E-state index contributed by atoms with van der Waals surface area (Å²) in [6.07, 6.45) is 1.67. The number of anilines is 1. The molecule has 0 atom stereocenters. The first-order valence-corrected chi connectivity index (χ1v) is 9.68. The van der Waals surface area contributed by atoms with Gasteiger partial charge >= 0.3 is 0 Å². The van der Waals surface area contributed by atoms with Gasteiger partial charge in [0, 0.05) is 28.9 Å². The van der Waals surface area contributed by atoms with E-state index < -0.39 is 0 Å². The van der Waals surface area contributed by atoms with Crippen LogP contribution in [0.5, 0.6) is 17.2 Å². The van der Waals surface area contributed by atoms with Crippen LogP contribution in [0.15, 0.2) is 64.6 Å². The number of aryl methyl sites for hydroxylation is 1. The van der Waals surface area contributed by atoms with Crippen molar-refractivity contribution in [2.24, 2.45) is 0 Å². The van der Waals surface area contributed by atoms with Crippen LogP contribution in [0.3, 0.4) is 0 Å². The Hall–Kier alpha value is -3.19. The standard InChI is InChI=1S/C22H22N2O4S/c1-14-7-9-16(10-8-14)29-22-17(6-5-11-23-22)21(25)24-15-12-18(26-2)20(28-4)19(13-15)27-3/h5-13H,1-4H3,(H,24,25). The molecular formula is C22H22N2O4S. The molecule has 3 aromatic rings. The molecule has 0 radical (unpaired) electrons. The summed E-state index contributed by atoms with van der Waals surface area (Å²) in [6.45, 7) is 2.03. The fourth-order valence-electron chi connectivity index (χ4n) is 2.71. The maximum atomic E-state index is 13.0. The molecule has 0 bridgehead atoms. The van der Waals surface area contributed by atoms with E-state index in [0.717, 1.165) is 4.90 Å². The van der Waals surface area contributed by atoms with Crippen molar-refractivity contribution in [3.8, 4) is 17.2 Å². The second-order valence-corrected chi connectivity index (χ2v) is 7.20. The Morgan fingerprint density at radius 3 is 2.21 bits per heavy atom. The van der Waals surface area contributed by atoms with Gasteiger partial charge in [-0.25, -0.2) is 4.98 Å². The summed E-state index contributed by atoms with van der Waals surface area (Å²) in [5.74, 6) is 1.11. The topological polar surface area (TPSA) is 69.7 Å². The van der Waals surface area contributed by atoms with Gasteiger partial charge in [0.05, 0.1) is 26.9 Å². The highest BCUT2D eigenvalue weighted by Crippen LogP contribution is 2.40. The van der Waals surface area contributed by atoms with Gasteiger partial charge in [0.2, 0.25) is 5.75 Å². The number of nitrogens with zero attached hydrogens (tertiary/aromatic N) is 1. The van der Waals surface area contributed by atoms with Gasteiger partial charge in [0.15, 0.2) is 11.5 Å². The first-order valence-electron chi connectivity index (χ1n) is 8.86. The molecule has 0 unspecified atom stereocenters. The quantitative estimate of drug-likeness (QED) is 0.602. The highest BCUT2D eigenvalue weighted by molar-refractivity contribution is 7.99.